The molecule has 0 radical (unpaired) electrons. The molecule has 23 heavy (non-hydrogen) atoms. The normalized spacial score (nSPS) is 10.9. The van der Waals surface area contributed by atoms with Gasteiger partial charge in [0, 0.05) is 23.4 Å². The first-order chi connectivity index (χ1) is 11.2. The van der Waals surface area contributed by atoms with Gasteiger partial charge in [-0.1, -0.05) is 42.1 Å². The first-order valence-corrected chi connectivity index (χ1v) is 8.23. The van der Waals surface area contributed by atoms with Crippen molar-refractivity contribution < 1.29 is 8.78 Å². The summed E-state index contributed by atoms with van der Waals surface area (Å²) in [7, 11) is 0. The number of hydrogen-bond donors (Lipinski definition) is 0. The third kappa shape index (κ3) is 3.42. The molecule has 3 rings (SSSR count). The summed E-state index contributed by atoms with van der Waals surface area (Å²) < 4.78 is 28.9. The summed E-state index contributed by atoms with van der Waals surface area (Å²) in [6.07, 6.45) is 0. The Kier molecular flexibility index (Phi) is 4.71. The van der Waals surface area contributed by atoms with Crippen LogP contribution in [0.4, 0.5) is 8.78 Å². The molecule has 0 fully saturated rings. The van der Waals surface area contributed by atoms with E-state index in [9.17, 15) is 8.78 Å². The maximum Gasteiger partial charge on any atom is 0.191 e. The van der Waals surface area contributed by atoms with E-state index in [-0.39, 0.29) is 0 Å². The SMILES string of the molecule is CCn1c(SCc2cc(F)ccc2F)nnc1-c1ccccc1. The zero-order chi connectivity index (χ0) is 16.2. The van der Waals surface area contributed by atoms with Crippen LogP contribution in [0, 0.1) is 11.6 Å². The van der Waals surface area contributed by atoms with Crippen LogP contribution >= 0.6 is 11.8 Å². The summed E-state index contributed by atoms with van der Waals surface area (Å²) in [6.45, 7) is 2.70. The number of halogens is 2. The van der Waals surface area contributed by atoms with E-state index in [2.05, 4.69) is 10.2 Å². The van der Waals surface area contributed by atoms with Crippen molar-refractivity contribution in [2.45, 2.75) is 24.4 Å². The molecule has 0 atom stereocenters. The molecule has 0 bridgehead atoms. The standard InChI is InChI=1S/C17H15F2N3S/c1-2-22-16(12-6-4-3-5-7-12)20-21-17(22)23-11-13-10-14(18)8-9-15(13)19/h3-10H,2,11H2,1H3. The Morgan fingerprint density at radius 3 is 2.57 bits per heavy atom. The second-order valence-electron chi connectivity index (χ2n) is 4.94. The highest BCUT2D eigenvalue weighted by Gasteiger charge is 2.14. The number of hydrogen-bond acceptors (Lipinski definition) is 3. The van der Waals surface area contributed by atoms with Gasteiger partial charge in [0.15, 0.2) is 11.0 Å². The minimum absolute atomic E-state index is 0.302. The van der Waals surface area contributed by atoms with Crippen LogP contribution in [0.25, 0.3) is 11.4 Å². The smallest absolute Gasteiger partial charge is 0.191 e. The summed E-state index contributed by atoms with van der Waals surface area (Å²) in [5, 5.41) is 9.11. The number of rotatable bonds is 5. The van der Waals surface area contributed by atoms with E-state index >= 15 is 0 Å². The van der Waals surface area contributed by atoms with Crippen molar-refractivity contribution in [2.24, 2.45) is 0 Å². The van der Waals surface area contributed by atoms with Gasteiger partial charge in [-0.25, -0.2) is 8.78 Å². The predicted molar refractivity (Wildman–Crippen MR) is 87.1 cm³/mol. The van der Waals surface area contributed by atoms with E-state index in [1.54, 1.807) is 0 Å². The minimum atomic E-state index is -0.441. The largest absolute Gasteiger partial charge is 0.302 e. The lowest BCUT2D eigenvalue weighted by Crippen LogP contribution is -2.00. The Labute approximate surface area is 137 Å². The Morgan fingerprint density at radius 2 is 1.83 bits per heavy atom. The summed E-state index contributed by atoms with van der Waals surface area (Å²) in [5.41, 5.74) is 1.30. The van der Waals surface area contributed by atoms with Gasteiger partial charge in [0.25, 0.3) is 0 Å². The molecule has 0 saturated carbocycles. The van der Waals surface area contributed by atoms with Crippen LogP contribution in [0.15, 0.2) is 53.7 Å². The average Bonchev–Trinajstić information content (AvgIpc) is 2.99. The van der Waals surface area contributed by atoms with E-state index in [0.29, 0.717) is 23.0 Å². The maximum atomic E-state index is 13.7. The highest BCUT2D eigenvalue weighted by molar-refractivity contribution is 7.98. The van der Waals surface area contributed by atoms with Crippen LogP contribution in [0.2, 0.25) is 0 Å². The quantitative estimate of drug-likeness (QED) is 0.643. The Balaban J connectivity index is 1.84. The van der Waals surface area contributed by atoms with Crippen LogP contribution in [0.1, 0.15) is 12.5 Å². The van der Waals surface area contributed by atoms with Crippen LogP contribution in [0.3, 0.4) is 0 Å². The molecule has 118 valence electrons. The highest BCUT2D eigenvalue weighted by atomic mass is 32.2. The molecule has 0 amide bonds. The summed E-state index contributed by atoms with van der Waals surface area (Å²) in [4.78, 5) is 0. The number of aromatic nitrogens is 3. The van der Waals surface area contributed by atoms with Gasteiger partial charge in [-0.05, 0) is 25.1 Å². The molecule has 1 heterocycles. The van der Waals surface area contributed by atoms with E-state index in [1.165, 1.54) is 17.8 Å². The van der Waals surface area contributed by atoms with Gasteiger partial charge in [0.1, 0.15) is 11.6 Å². The van der Waals surface area contributed by atoms with Gasteiger partial charge in [-0.3, -0.25) is 0 Å². The van der Waals surface area contributed by atoms with E-state index < -0.39 is 11.6 Å². The number of benzene rings is 2. The van der Waals surface area contributed by atoms with Crippen molar-refractivity contribution in [3.8, 4) is 11.4 Å². The second-order valence-corrected chi connectivity index (χ2v) is 5.88. The van der Waals surface area contributed by atoms with Crippen LogP contribution in [0.5, 0.6) is 0 Å². The molecule has 6 heteroatoms. The average molecular weight is 331 g/mol. The molecular weight excluding hydrogens is 316 g/mol. The lowest BCUT2D eigenvalue weighted by Gasteiger charge is -2.07. The fraction of sp³-hybridized carbons (Fsp3) is 0.176. The molecule has 0 N–H and O–H groups in total. The van der Waals surface area contributed by atoms with Crippen molar-refractivity contribution >= 4 is 11.8 Å². The Morgan fingerprint density at radius 1 is 1.04 bits per heavy atom. The van der Waals surface area contributed by atoms with Gasteiger partial charge in [-0.2, -0.15) is 0 Å². The van der Waals surface area contributed by atoms with Crippen molar-refractivity contribution in [3.05, 3.63) is 65.7 Å². The summed E-state index contributed by atoms with van der Waals surface area (Å²) in [6, 6.07) is 13.2. The highest BCUT2D eigenvalue weighted by Crippen LogP contribution is 2.27. The first-order valence-electron chi connectivity index (χ1n) is 7.24. The van der Waals surface area contributed by atoms with E-state index in [0.717, 1.165) is 23.5 Å². The molecule has 0 aliphatic heterocycles. The number of nitrogens with zero attached hydrogens (tertiary/aromatic N) is 3. The van der Waals surface area contributed by atoms with Crippen molar-refractivity contribution in [2.75, 3.05) is 0 Å². The Hall–Kier alpha value is -2.21. The van der Waals surface area contributed by atoms with Crippen LogP contribution in [-0.2, 0) is 12.3 Å². The van der Waals surface area contributed by atoms with Crippen LogP contribution in [-0.4, -0.2) is 14.8 Å². The first kappa shape index (κ1) is 15.7. The van der Waals surface area contributed by atoms with E-state index in [4.69, 9.17) is 0 Å². The molecule has 0 saturated heterocycles. The Bertz CT molecular complexity index is 803. The summed E-state index contributed by atoms with van der Waals surface area (Å²) in [5.74, 6) is 0.222. The van der Waals surface area contributed by atoms with Crippen molar-refractivity contribution in [1.29, 1.82) is 0 Å². The zero-order valence-electron chi connectivity index (χ0n) is 12.5. The number of thioether (sulfide) groups is 1. The van der Waals surface area contributed by atoms with Crippen LogP contribution < -0.4 is 0 Å². The van der Waals surface area contributed by atoms with Gasteiger partial charge in [-0.15, -0.1) is 10.2 Å². The van der Waals surface area contributed by atoms with Gasteiger partial charge >= 0.3 is 0 Å². The van der Waals surface area contributed by atoms with E-state index in [1.807, 2.05) is 41.8 Å². The molecule has 3 aromatic rings. The zero-order valence-corrected chi connectivity index (χ0v) is 13.4. The third-order valence-electron chi connectivity index (χ3n) is 3.43. The molecule has 3 nitrogen and oxygen atoms in total. The molecule has 1 aromatic heterocycles. The molecule has 0 aliphatic rings. The molecule has 0 aliphatic carbocycles. The predicted octanol–water partition coefficient (Wildman–Crippen LogP) is 4.54. The fourth-order valence-electron chi connectivity index (χ4n) is 2.28. The lowest BCUT2D eigenvalue weighted by molar-refractivity contribution is 0.591. The molecule has 0 spiro atoms. The molecule has 2 aromatic carbocycles. The van der Waals surface area contributed by atoms with Gasteiger partial charge in [0.2, 0.25) is 0 Å². The maximum absolute atomic E-state index is 13.7. The minimum Gasteiger partial charge on any atom is -0.302 e. The molecular formula is C17H15F2N3S. The van der Waals surface area contributed by atoms with Gasteiger partial charge in [0.05, 0.1) is 0 Å². The topological polar surface area (TPSA) is 30.7 Å². The monoisotopic (exact) mass is 331 g/mol. The van der Waals surface area contributed by atoms with Gasteiger partial charge < -0.3 is 4.57 Å². The fourth-order valence-corrected chi connectivity index (χ4v) is 3.25. The second kappa shape index (κ2) is 6.91. The third-order valence-corrected chi connectivity index (χ3v) is 4.45. The van der Waals surface area contributed by atoms with Crippen molar-refractivity contribution in [1.82, 2.24) is 14.8 Å². The van der Waals surface area contributed by atoms with Crippen molar-refractivity contribution in [3.63, 3.8) is 0 Å². The lowest BCUT2D eigenvalue weighted by atomic mass is 10.2. The summed E-state index contributed by atoms with van der Waals surface area (Å²) >= 11 is 1.35. The molecule has 0 unspecified atom stereocenters.